The van der Waals surface area contributed by atoms with Crippen LogP contribution in [0.15, 0.2) is 47.5 Å². The van der Waals surface area contributed by atoms with E-state index in [1.165, 1.54) is 11.3 Å². The number of carbonyl (C=O) groups excluding carboxylic acids is 1. The molecule has 0 fully saturated rings. The van der Waals surface area contributed by atoms with Crippen LogP contribution in [0.1, 0.15) is 24.2 Å². The Morgan fingerprint density at radius 1 is 1.16 bits per heavy atom. The van der Waals surface area contributed by atoms with Gasteiger partial charge in [-0.3, -0.25) is 4.79 Å². The third-order valence-corrected chi connectivity index (χ3v) is 4.77. The van der Waals surface area contributed by atoms with Crippen molar-refractivity contribution in [3.05, 3.63) is 52.8 Å². The van der Waals surface area contributed by atoms with Gasteiger partial charge in [0.25, 0.3) is 5.91 Å². The van der Waals surface area contributed by atoms with E-state index in [-0.39, 0.29) is 12.0 Å². The molecule has 130 valence electrons. The fraction of sp³-hybridized carbons (Fsp3) is 0.263. The van der Waals surface area contributed by atoms with E-state index in [0.29, 0.717) is 10.4 Å². The molecule has 2 aromatic carbocycles. The molecule has 1 aromatic heterocycles. The lowest BCUT2D eigenvalue weighted by Crippen LogP contribution is -2.13. The second-order valence-corrected chi connectivity index (χ2v) is 6.87. The molecule has 1 heterocycles. The summed E-state index contributed by atoms with van der Waals surface area (Å²) in [5, 5.41) is 0. The topological polar surface area (TPSA) is 52.8 Å². The lowest BCUT2D eigenvalue weighted by Gasteiger charge is -2.09. The molecule has 0 spiro atoms. The van der Waals surface area contributed by atoms with E-state index in [1.807, 2.05) is 43.7 Å². The first kappa shape index (κ1) is 17.2. The Bertz CT molecular complexity index is 968. The van der Waals surface area contributed by atoms with Crippen LogP contribution >= 0.6 is 11.3 Å². The minimum atomic E-state index is -0.280. The van der Waals surface area contributed by atoms with Crippen LogP contribution in [-0.4, -0.2) is 23.7 Å². The molecule has 6 heteroatoms. The number of aryl methyl sites for hydroxylation is 1. The number of hydrogen-bond acceptors (Lipinski definition) is 4. The van der Waals surface area contributed by atoms with Crippen molar-refractivity contribution in [3.63, 3.8) is 0 Å². The lowest BCUT2D eigenvalue weighted by atomic mass is 10.2. The summed E-state index contributed by atoms with van der Waals surface area (Å²) in [5.41, 5.74) is 1.46. The number of carbonyl (C=O) groups is 1. The SMILES string of the molecule is COc1cccc2sc(=NC(=O)c3ccc(OC(C)C)cc3)n(C)c12. The molecule has 0 radical (unpaired) electrons. The molecule has 0 N–H and O–H groups in total. The highest BCUT2D eigenvalue weighted by Crippen LogP contribution is 2.26. The summed E-state index contributed by atoms with van der Waals surface area (Å²) in [6.45, 7) is 3.92. The maximum atomic E-state index is 12.5. The van der Waals surface area contributed by atoms with Crippen LogP contribution < -0.4 is 14.3 Å². The van der Waals surface area contributed by atoms with E-state index in [9.17, 15) is 4.79 Å². The van der Waals surface area contributed by atoms with Crippen LogP contribution in [0.25, 0.3) is 10.2 Å². The largest absolute Gasteiger partial charge is 0.495 e. The standard InChI is InChI=1S/C19H20N2O3S/c1-12(2)24-14-10-8-13(9-11-14)18(22)20-19-21(3)17-15(23-4)6-5-7-16(17)25-19/h5-12H,1-4H3. The number of nitrogens with zero attached hydrogens (tertiary/aromatic N) is 2. The van der Waals surface area contributed by atoms with Gasteiger partial charge in [-0.1, -0.05) is 17.4 Å². The van der Waals surface area contributed by atoms with E-state index in [0.717, 1.165) is 21.7 Å². The maximum absolute atomic E-state index is 12.5. The Balaban J connectivity index is 1.96. The molecule has 0 unspecified atom stereocenters. The second kappa shape index (κ2) is 7.11. The van der Waals surface area contributed by atoms with Gasteiger partial charge in [-0.2, -0.15) is 4.99 Å². The van der Waals surface area contributed by atoms with E-state index in [2.05, 4.69) is 4.99 Å². The van der Waals surface area contributed by atoms with Crippen molar-refractivity contribution < 1.29 is 14.3 Å². The van der Waals surface area contributed by atoms with Crippen LogP contribution in [0.5, 0.6) is 11.5 Å². The zero-order valence-corrected chi connectivity index (χ0v) is 15.5. The molecule has 3 aromatic rings. The Morgan fingerprint density at radius 2 is 1.88 bits per heavy atom. The molecule has 25 heavy (non-hydrogen) atoms. The third-order valence-electron chi connectivity index (χ3n) is 3.68. The van der Waals surface area contributed by atoms with Gasteiger partial charge >= 0.3 is 0 Å². The zero-order valence-electron chi connectivity index (χ0n) is 14.6. The van der Waals surface area contributed by atoms with Gasteiger partial charge in [0, 0.05) is 12.6 Å². The number of rotatable bonds is 4. The van der Waals surface area contributed by atoms with Crippen molar-refractivity contribution in [2.45, 2.75) is 20.0 Å². The molecule has 0 bridgehead atoms. The summed E-state index contributed by atoms with van der Waals surface area (Å²) in [5.74, 6) is 1.22. The number of aromatic nitrogens is 1. The fourth-order valence-corrected chi connectivity index (χ4v) is 3.57. The molecule has 0 saturated heterocycles. The monoisotopic (exact) mass is 356 g/mol. The average molecular weight is 356 g/mol. The predicted molar refractivity (Wildman–Crippen MR) is 99.4 cm³/mol. The molecule has 0 saturated carbocycles. The summed E-state index contributed by atoms with van der Waals surface area (Å²) in [4.78, 5) is 17.4. The number of hydrogen-bond donors (Lipinski definition) is 0. The molecule has 3 rings (SSSR count). The number of fused-ring (bicyclic) bond motifs is 1. The van der Waals surface area contributed by atoms with Crippen molar-refractivity contribution in [2.75, 3.05) is 7.11 Å². The molecule has 0 aliphatic carbocycles. The van der Waals surface area contributed by atoms with Gasteiger partial charge in [-0.15, -0.1) is 0 Å². The Hall–Kier alpha value is -2.60. The van der Waals surface area contributed by atoms with Gasteiger partial charge in [0.05, 0.1) is 17.9 Å². The van der Waals surface area contributed by atoms with Gasteiger partial charge in [0.2, 0.25) is 0 Å². The maximum Gasteiger partial charge on any atom is 0.279 e. The minimum Gasteiger partial charge on any atom is -0.495 e. The van der Waals surface area contributed by atoms with Crippen LogP contribution in [0, 0.1) is 0 Å². The fourth-order valence-electron chi connectivity index (χ4n) is 2.54. The summed E-state index contributed by atoms with van der Waals surface area (Å²) in [6.07, 6.45) is 0.0961. The van der Waals surface area contributed by atoms with Gasteiger partial charge in [0.15, 0.2) is 4.80 Å². The molecule has 1 amide bonds. The summed E-state index contributed by atoms with van der Waals surface area (Å²) >= 11 is 1.46. The number of amides is 1. The van der Waals surface area contributed by atoms with Crippen molar-refractivity contribution >= 4 is 27.5 Å². The highest BCUT2D eigenvalue weighted by Gasteiger charge is 2.10. The van der Waals surface area contributed by atoms with Crippen LogP contribution in [0.3, 0.4) is 0 Å². The first-order chi connectivity index (χ1) is 12.0. The number of para-hydroxylation sites is 1. The van der Waals surface area contributed by atoms with Gasteiger partial charge in [-0.05, 0) is 50.2 Å². The van der Waals surface area contributed by atoms with E-state index < -0.39 is 0 Å². The lowest BCUT2D eigenvalue weighted by molar-refractivity contribution is 0.0998. The molecule has 0 aliphatic heterocycles. The van der Waals surface area contributed by atoms with Crippen molar-refractivity contribution in [1.29, 1.82) is 0 Å². The predicted octanol–water partition coefficient (Wildman–Crippen LogP) is 3.78. The Morgan fingerprint density at radius 3 is 2.52 bits per heavy atom. The molecular weight excluding hydrogens is 336 g/mol. The highest BCUT2D eigenvalue weighted by atomic mass is 32.1. The molecule has 5 nitrogen and oxygen atoms in total. The number of ether oxygens (including phenoxy) is 2. The first-order valence-corrected chi connectivity index (χ1v) is 8.79. The Kier molecular flexibility index (Phi) is 4.90. The third kappa shape index (κ3) is 3.58. The normalized spacial score (nSPS) is 12.0. The number of benzene rings is 2. The molecule has 0 atom stereocenters. The van der Waals surface area contributed by atoms with E-state index in [1.54, 1.807) is 31.4 Å². The van der Waals surface area contributed by atoms with Crippen LogP contribution in [0.2, 0.25) is 0 Å². The van der Waals surface area contributed by atoms with E-state index >= 15 is 0 Å². The molecule has 0 aliphatic rings. The number of thiazole rings is 1. The number of methoxy groups -OCH3 is 1. The summed E-state index contributed by atoms with van der Waals surface area (Å²) in [6, 6.07) is 12.9. The summed E-state index contributed by atoms with van der Waals surface area (Å²) in [7, 11) is 3.52. The van der Waals surface area contributed by atoms with Crippen molar-refractivity contribution in [2.24, 2.45) is 12.0 Å². The zero-order chi connectivity index (χ0) is 18.0. The van der Waals surface area contributed by atoms with Crippen molar-refractivity contribution in [3.8, 4) is 11.5 Å². The van der Waals surface area contributed by atoms with Gasteiger partial charge in [-0.25, -0.2) is 0 Å². The average Bonchev–Trinajstić information content (AvgIpc) is 2.91. The smallest absolute Gasteiger partial charge is 0.279 e. The molecular formula is C19H20N2O3S. The first-order valence-electron chi connectivity index (χ1n) is 7.98. The Labute approximate surface area is 150 Å². The highest BCUT2D eigenvalue weighted by molar-refractivity contribution is 7.16. The summed E-state index contributed by atoms with van der Waals surface area (Å²) < 4.78 is 13.9. The quantitative estimate of drug-likeness (QED) is 0.715. The second-order valence-electron chi connectivity index (χ2n) is 5.86. The van der Waals surface area contributed by atoms with E-state index in [4.69, 9.17) is 9.47 Å². The minimum absolute atomic E-state index is 0.0961. The van der Waals surface area contributed by atoms with Crippen molar-refractivity contribution in [1.82, 2.24) is 4.57 Å². The van der Waals surface area contributed by atoms with Gasteiger partial charge in [0.1, 0.15) is 17.0 Å². The van der Waals surface area contributed by atoms with Crippen LogP contribution in [0.4, 0.5) is 0 Å². The van der Waals surface area contributed by atoms with Gasteiger partial charge < -0.3 is 14.0 Å². The van der Waals surface area contributed by atoms with Crippen LogP contribution in [-0.2, 0) is 7.05 Å².